The highest BCUT2D eigenvalue weighted by Gasteiger charge is 2.04. The SMILES string of the molecule is NNC(=O)c1cccc(CSc2ccc(Cl)cc2)c1. The van der Waals surface area contributed by atoms with E-state index in [2.05, 4.69) is 5.43 Å². The summed E-state index contributed by atoms with van der Waals surface area (Å²) >= 11 is 7.52. The highest BCUT2D eigenvalue weighted by atomic mass is 35.5. The number of hydrazine groups is 1. The van der Waals surface area contributed by atoms with Gasteiger partial charge in [0.2, 0.25) is 0 Å². The molecule has 3 N–H and O–H groups in total. The van der Waals surface area contributed by atoms with E-state index in [4.69, 9.17) is 17.4 Å². The Morgan fingerprint density at radius 1 is 1.21 bits per heavy atom. The number of hydrogen-bond acceptors (Lipinski definition) is 3. The van der Waals surface area contributed by atoms with Crippen molar-refractivity contribution in [3.8, 4) is 0 Å². The Morgan fingerprint density at radius 3 is 2.63 bits per heavy atom. The van der Waals surface area contributed by atoms with E-state index in [-0.39, 0.29) is 5.91 Å². The quantitative estimate of drug-likeness (QED) is 0.394. The predicted octanol–water partition coefficient (Wildman–Crippen LogP) is 3.24. The minimum absolute atomic E-state index is 0.279. The summed E-state index contributed by atoms with van der Waals surface area (Å²) in [7, 11) is 0. The minimum atomic E-state index is -0.279. The number of nitrogen functional groups attached to an aromatic ring is 1. The number of thioether (sulfide) groups is 1. The molecule has 0 atom stereocenters. The van der Waals surface area contributed by atoms with Crippen molar-refractivity contribution >= 4 is 29.3 Å². The van der Waals surface area contributed by atoms with Gasteiger partial charge in [0.05, 0.1) is 0 Å². The van der Waals surface area contributed by atoms with Gasteiger partial charge in [-0.15, -0.1) is 11.8 Å². The number of rotatable bonds is 4. The normalized spacial score (nSPS) is 10.2. The number of hydrogen-bond donors (Lipinski definition) is 2. The zero-order valence-electron chi connectivity index (χ0n) is 10.1. The Balaban J connectivity index is 2.03. The van der Waals surface area contributed by atoms with Gasteiger partial charge in [-0.2, -0.15) is 0 Å². The molecule has 0 saturated carbocycles. The smallest absolute Gasteiger partial charge is 0.265 e. The van der Waals surface area contributed by atoms with Crippen molar-refractivity contribution in [2.75, 3.05) is 0 Å². The van der Waals surface area contributed by atoms with Crippen LogP contribution in [0, 0.1) is 0 Å². The van der Waals surface area contributed by atoms with Crippen molar-refractivity contribution in [2.45, 2.75) is 10.6 Å². The molecule has 2 aromatic rings. The summed E-state index contributed by atoms with van der Waals surface area (Å²) in [6.07, 6.45) is 0. The van der Waals surface area contributed by atoms with Gasteiger partial charge >= 0.3 is 0 Å². The molecule has 0 spiro atoms. The third-order valence-corrected chi connectivity index (χ3v) is 3.87. The van der Waals surface area contributed by atoms with E-state index in [9.17, 15) is 4.79 Å². The maximum Gasteiger partial charge on any atom is 0.265 e. The Hall–Kier alpha value is -1.49. The van der Waals surface area contributed by atoms with Crippen LogP contribution in [0.1, 0.15) is 15.9 Å². The summed E-state index contributed by atoms with van der Waals surface area (Å²) in [5.74, 6) is 5.62. The number of benzene rings is 2. The van der Waals surface area contributed by atoms with Gasteiger partial charge in [-0.1, -0.05) is 23.7 Å². The van der Waals surface area contributed by atoms with Crippen molar-refractivity contribution in [3.63, 3.8) is 0 Å². The number of carbonyl (C=O) groups is 1. The van der Waals surface area contributed by atoms with Gasteiger partial charge in [0.15, 0.2) is 0 Å². The molecule has 1 amide bonds. The van der Waals surface area contributed by atoms with Crippen LogP contribution in [-0.4, -0.2) is 5.91 Å². The Bertz CT molecular complexity index is 572. The Labute approximate surface area is 121 Å². The zero-order chi connectivity index (χ0) is 13.7. The summed E-state index contributed by atoms with van der Waals surface area (Å²) < 4.78 is 0. The van der Waals surface area contributed by atoms with Crippen molar-refractivity contribution in [3.05, 3.63) is 64.7 Å². The first-order valence-electron chi connectivity index (χ1n) is 5.67. The molecule has 0 aliphatic heterocycles. The van der Waals surface area contributed by atoms with Gasteiger partial charge < -0.3 is 0 Å². The molecule has 0 aliphatic carbocycles. The van der Waals surface area contributed by atoms with Crippen molar-refractivity contribution in [1.82, 2.24) is 5.43 Å². The van der Waals surface area contributed by atoms with E-state index < -0.39 is 0 Å². The van der Waals surface area contributed by atoms with Gasteiger partial charge in [-0.25, -0.2) is 5.84 Å². The predicted molar refractivity (Wildman–Crippen MR) is 79.1 cm³/mol. The van der Waals surface area contributed by atoms with Crippen molar-refractivity contribution in [1.29, 1.82) is 0 Å². The monoisotopic (exact) mass is 292 g/mol. The molecule has 19 heavy (non-hydrogen) atoms. The molecule has 0 radical (unpaired) electrons. The van der Waals surface area contributed by atoms with Gasteiger partial charge in [-0.3, -0.25) is 10.2 Å². The molecule has 98 valence electrons. The number of halogens is 1. The lowest BCUT2D eigenvalue weighted by molar-refractivity contribution is 0.0953. The highest BCUT2D eigenvalue weighted by molar-refractivity contribution is 7.98. The van der Waals surface area contributed by atoms with Gasteiger partial charge in [0.25, 0.3) is 5.91 Å². The molecule has 0 bridgehead atoms. The van der Waals surface area contributed by atoms with Crippen molar-refractivity contribution in [2.24, 2.45) is 5.84 Å². The van der Waals surface area contributed by atoms with Crippen LogP contribution < -0.4 is 11.3 Å². The topological polar surface area (TPSA) is 55.1 Å². The second-order valence-electron chi connectivity index (χ2n) is 3.92. The fourth-order valence-electron chi connectivity index (χ4n) is 1.58. The number of amides is 1. The molecule has 3 nitrogen and oxygen atoms in total. The number of carbonyl (C=O) groups excluding carboxylic acids is 1. The average Bonchev–Trinajstić information content (AvgIpc) is 2.46. The van der Waals surface area contributed by atoms with Crippen LogP contribution in [0.3, 0.4) is 0 Å². The molecule has 0 fully saturated rings. The summed E-state index contributed by atoms with van der Waals surface area (Å²) in [6.45, 7) is 0. The van der Waals surface area contributed by atoms with E-state index in [1.165, 1.54) is 0 Å². The van der Waals surface area contributed by atoms with Crippen LogP contribution in [0.4, 0.5) is 0 Å². The first kappa shape index (κ1) is 13.9. The third-order valence-electron chi connectivity index (χ3n) is 2.54. The molecule has 0 aromatic heterocycles. The van der Waals surface area contributed by atoms with Crippen molar-refractivity contribution < 1.29 is 4.79 Å². The summed E-state index contributed by atoms with van der Waals surface area (Å²) in [4.78, 5) is 12.6. The standard InChI is InChI=1S/C14H13ClN2OS/c15-12-4-6-13(7-5-12)19-9-10-2-1-3-11(8-10)14(18)17-16/h1-8H,9,16H2,(H,17,18). The largest absolute Gasteiger partial charge is 0.290 e. The van der Waals surface area contributed by atoms with Crippen LogP contribution in [0.5, 0.6) is 0 Å². The first-order chi connectivity index (χ1) is 9.19. The summed E-state index contributed by atoms with van der Waals surface area (Å²) in [5, 5.41) is 0.728. The maximum atomic E-state index is 11.4. The lowest BCUT2D eigenvalue weighted by Crippen LogP contribution is -2.29. The molecule has 2 rings (SSSR count). The van der Waals surface area contributed by atoms with Gasteiger partial charge in [0, 0.05) is 21.2 Å². The van der Waals surface area contributed by atoms with Crippen LogP contribution in [-0.2, 0) is 5.75 Å². The average molecular weight is 293 g/mol. The van der Waals surface area contributed by atoms with Gasteiger partial charge in [0.1, 0.15) is 0 Å². The molecule has 0 unspecified atom stereocenters. The zero-order valence-corrected chi connectivity index (χ0v) is 11.7. The number of nitrogens with two attached hydrogens (primary N) is 1. The van der Waals surface area contributed by atoms with Crippen LogP contribution in [0.2, 0.25) is 5.02 Å². The lowest BCUT2D eigenvalue weighted by atomic mass is 10.1. The van der Waals surface area contributed by atoms with E-state index in [0.29, 0.717) is 5.56 Å². The fraction of sp³-hybridized carbons (Fsp3) is 0.0714. The molecule has 0 heterocycles. The molecule has 0 aliphatic rings. The van der Waals surface area contributed by atoms with E-state index in [0.717, 1.165) is 21.2 Å². The van der Waals surface area contributed by atoms with E-state index in [1.54, 1.807) is 17.8 Å². The maximum absolute atomic E-state index is 11.4. The second-order valence-corrected chi connectivity index (χ2v) is 5.40. The van der Waals surface area contributed by atoms with Crippen LogP contribution >= 0.6 is 23.4 Å². The number of nitrogens with one attached hydrogen (secondary N) is 1. The van der Waals surface area contributed by atoms with Crippen LogP contribution in [0.25, 0.3) is 0 Å². The van der Waals surface area contributed by atoms with E-state index >= 15 is 0 Å². The third kappa shape index (κ3) is 3.99. The minimum Gasteiger partial charge on any atom is -0.290 e. The fourth-order valence-corrected chi connectivity index (χ4v) is 2.55. The first-order valence-corrected chi connectivity index (χ1v) is 7.03. The second kappa shape index (κ2) is 6.61. The molecular weight excluding hydrogens is 280 g/mol. The molecule has 0 saturated heterocycles. The van der Waals surface area contributed by atoms with Crippen LogP contribution in [0.15, 0.2) is 53.4 Å². The van der Waals surface area contributed by atoms with E-state index in [1.807, 2.05) is 42.5 Å². The summed E-state index contributed by atoms with van der Waals surface area (Å²) in [6, 6.07) is 15.1. The molecule has 5 heteroatoms. The molecule has 2 aromatic carbocycles. The lowest BCUT2D eigenvalue weighted by Gasteiger charge is -2.05. The van der Waals surface area contributed by atoms with Gasteiger partial charge in [-0.05, 0) is 42.0 Å². The molecular formula is C14H13ClN2OS. The Kier molecular flexibility index (Phi) is 4.85. The summed E-state index contributed by atoms with van der Waals surface area (Å²) in [5.41, 5.74) is 3.76. The Morgan fingerprint density at radius 2 is 1.95 bits per heavy atom. The highest BCUT2D eigenvalue weighted by Crippen LogP contribution is 2.24.